The van der Waals surface area contributed by atoms with Crippen LogP contribution in [0.15, 0.2) is 48.7 Å². The Bertz CT molecular complexity index is 1180. The predicted octanol–water partition coefficient (Wildman–Crippen LogP) is 4.34. The third kappa shape index (κ3) is 2.80. The van der Waals surface area contributed by atoms with Gasteiger partial charge in [-0.3, -0.25) is 14.7 Å². The first-order chi connectivity index (χ1) is 14.0. The van der Waals surface area contributed by atoms with Crippen molar-refractivity contribution in [2.75, 3.05) is 0 Å². The second kappa shape index (κ2) is 6.56. The first-order valence-corrected chi connectivity index (χ1v) is 10.1. The molecule has 3 amide bonds. The predicted molar refractivity (Wildman–Crippen MR) is 112 cm³/mol. The molecule has 1 aliphatic carbocycles. The Morgan fingerprint density at radius 1 is 1.14 bits per heavy atom. The summed E-state index contributed by atoms with van der Waals surface area (Å²) in [7, 11) is 0. The molecule has 1 unspecified atom stereocenters. The van der Waals surface area contributed by atoms with Crippen molar-refractivity contribution >= 4 is 34.4 Å². The van der Waals surface area contributed by atoms with Gasteiger partial charge in [0.2, 0.25) is 0 Å². The van der Waals surface area contributed by atoms with E-state index in [0.717, 1.165) is 30.2 Å². The highest BCUT2D eigenvalue weighted by Gasteiger charge is 2.49. The van der Waals surface area contributed by atoms with E-state index in [1.54, 1.807) is 19.2 Å². The maximum absolute atomic E-state index is 13.4. The minimum absolute atomic E-state index is 0.0817. The Labute approximate surface area is 173 Å². The van der Waals surface area contributed by atoms with Gasteiger partial charge in [-0.15, -0.1) is 0 Å². The molecule has 1 aromatic heterocycles. The second-order valence-electron chi connectivity index (χ2n) is 7.88. The quantitative estimate of drug-likeness (QED) is 0.659. The Morgan fingerprint density at radius 3 is 2.83 bits per heavy atom. The first-order valence-electron chi connectivity index (χ1n) is 9.76. The van der Waals surface area contributed by atoms with Crippen LogP contribution in [-0.2, 0) is 29.7 Å². The third-order valence-corrected chi connectivity index (χ3v) is 6.44. The van der Waals surface area contributed by atoms with Crippen LogP contribution in [0.1, 0.15) is 35.6 Å². The Kier molecular flexibility index (Phi) is 4.10. The molecule has 5 rings (SSSR count). The van der Waals surface area contributed by atoms with Gasteiger partial charge in [-0.2, -0.15) is 0 Å². The lowest BCUT2D eigenvalue weighted by atomic mass is 9.89. The number of amides is 3. The van der Waals surface area contributed by atoms with Gasteiger partial charge in [0.15, 0.2) is 0 Å². The summed E-state index contributed by atoms with van der Waals surface area (Å²) in [6.45, 7) is 1.85. The van der Waals surface area contributed by atoms with E-state index in [2.05, 4.69) is 22.4 Å². The molecule has 2 heterocycles. The van der Waals surface area contributed by atoms with Gasteiger partial charge >= 0.3 is 6.03 Å². The number of carbonyl (C=O) groups is 2. The van der Waals surface area contributed by atoms with Crippen LogP contribution >= 0.6 is 11.6 Å². The van der Waals surface area contributed by atoms with E-state index >= 15 is 0 Å². The van der Waals surface area contributed by atoms with E-state index in [1.807, 2.05) is 24.3 Å². The van der Waals surface area contributed by atoms with Gasteiger partial charge in [0, 0.05) is 22.2 Å². The van der Waals surface area contributed by atoms with Crippen molar-refractivity contribution in [3.63, 3.8) is 0 Å². The largest absolute Gasteiger partial charge is 0.325 e. The molecule has 1 aliphatic heterocycles. The molecular weight excluding hydrogens is 386 g/mol. The molecule has 5 nitrogen and oxygen atoms in total. The summed E-state index contributed by atoms with van der Waals surface area (Å²) >= 11 is 6.42. The summed E-state index contributed by atoms with van der Waals surface area (Å²) in [6.07, 6.45) is 4.91. The van der Waals surface area contributed by atoms with E-state index in [9.17, 15) is 9.59 Å². The second-order valence-corrected chi connectivity index (χ2v) is 8.29. The topological polar surface area (TPSA) is 62.3 Å². The average Bonchev–Trinajstić information content (AvgIpc) is 3.28. The van der Waals surface area contributed by atoms with Crippen LogP contribution in [0.2, 0.25) is 5.02 Å². The van der Waals surface area contributed by atoms with Gasteiger partial charge < -0.3 is 5.32 Å². The van der Waals surface area contributed by atoms with Crippen molar-refractivity contribution in [2.24, 2.45) is 0 Å². The highest BCUT2D eigenvalue weighted by molar-refractivity contribution is 6.32. The summed E-state index contributed by atoms with van der Waals surface area (Å²) in [5, 5.41) is 4.31. The molecule has 0 bridgehead atoms. The first kappa shape index (κ1) is 18.1. The molecule has 1 saturated heterocycles. The third-order valence-electron chi connectivity index (χ3n) is 6.09. The number of imide groups is 1. The summed E-state index contributed by atoms with van der Waals surface area (Å²) in [4.78, 5) is 31.8. The number of nitrogens with zero attached hydrogens (tertiary/aromatic N) is 2. The lowest BCUT2D eigenvalue weighted by molar-refractivity contribution is -0.131. The van der Waals surface area contributed by atoms with E-state index in [0.29, 0.717) is 16.1 Å². The molecule has 146 valence electrons. The summed E-state index contributed by atoms with van der Waals surface area (Å²) < 4.78 is 0. The average molecular weight is 406 g/mol. The number of rotatable bonds is 3. The van der Waals surface area contributed by atoms with Gasteiger partial charge in [0.1, 0.15) is 5.54 Å². The number of hydrogen-bond acceptors (Lipinski definition) is 3. The van der Waals surface area contributed by atoms with E-state index in [-0.39, 0.29) is 12.5 Å². The normalized spacial score (nSPS) is 21.0. The zero-order valence-corrected chi connectivity index (χ0v) is 16.8. The van der Waals surface area contributed by atoms with Crippen LogP contribution in [0.3, 0.4) is 0 Å². The highest BCUT2D eigenvalue weighted by atomic mass is 35.5. The minimum atomic E-state index is -1.08. The zero-order chi connectivity index (χ0) is 20.2. The fourth-order valence-electron chi connectivity index (χ4n) is 4.41. The smallest absolute Gasteiger partial charge is 0.319 e. The van der Waals surface area contributed by atoms with Gasteiger partial charge in [-0.05, 0) is 55.0 Å². The molecule has 1 N–H and O–H groups in total. The summed E-state index contributed by atoms with van der Waals surface area (Å²) in [6, 6.07) is 13.1. The molecule has 0 saturated carbocycles. The van der Waals surface area contributed by atoms with Gasteiger partial charge in [0.05, 0.1) is 12.1 Å². The maximum Gasteiger partial charge on any atom is 0.325 e. The highest BCUT2D eigenvalue weighted by Crippen LogP contribution is 2.34. The fourth-order valence-corrected chi connectivity index (χ4v) is 4.62. The molecular formula is C23H20ClN3O2. The zero-order valence-electron chi connectivity index (χ0n) is 16.0. The van der Waals surface area contributed by atoms with Crippen molar-refractivity contribution in [2.45, 2.75) is 38.3 Å². The molecule has 2 aliphatic rings. The number of carbonyl (C=O) groups excluding carboxylic acids is 2. The molecule has 1 atom stereocenters. The SMILES string of the molecule is CC1(c2ccc3c(c2)CCC3)NC(=O)N(Cc2c(Cl)ccc3cccnc23)C1=O. The van der Waals surface area contributed by atoms with Gasteiger partial charge in [-0.25, -0.2) is 4.79 Å². The summed E-state index contributed by atoms with van der Waals surface area (Å²) in [5.41, 5.74) is 3.71. The fraction of sp³-hybridized carbons (Fsp3) is 0.261. The minimum Gasteiger partial charge on any atom is -0.319 e. The number of pyridine rings is 1. The number of urea groups is 1. The Balaban J connectivity index is 1.51. The van der Waals surface area contributed by atoms with Crippen molar-refractivity contribution in [3.05, 3.63) is 75.9 Å². The number of nitrogens with one attached hydrogen (secondary N) is 1. The molecule has 0 radical (unpaired) electrons. The molecule has 29 heavy (non-hydrogen) atoms. The van der Waals surface area contributed by atoms with Gasteiger partial charge in [0.25, 0.3) is 5.91 Å². The van der Waals surface area contributed by atoms with Crippen LogP contribution in [0.4, 0.5) is 4.79 Å². The number of benzene rings is 2. The lowest BCUT2D eigenvalue weighted by Gasteiger charge is -2.23. The van der Waals surface area contributed by atoms with Crippen LogP contribution in [0.5, 0.6) is 0 Å². The van der Waals surface area contributed by atoms with Gasteiger partial charge in [-0.1, -0.05) is 41.9 Å². The van der Waals surface area contributed by atoms with Crippen LogP contribution in [0, 0.1) is 0 Å². The molecule has 1 fully saturated rings. The number of aromatic nitrogens is 1. The van der Waals surface area contributed by atoms with Crippen LogP contribution < -0.4 is 5.32 Å². The number of halogens is 1. The molecule has 2 aromatic carbocycles. The monoisotopic (exact) mass is 405 g/mol. The standard InChI is InChI=1S/C23H20ClN3O2/c1-23(17-9-7-14-4-2-5-16(14)12-17)21(28)27(22(29)26-23)13-18-19(24)10-8-15-6-3-11-25-20(15)18/h3,6-12H,2,4-5,13H2,1H3,(H,26,29). The lowest BCUT2D eigenvalue weighted by Crippen LogP contribution is -2.41. The van der Waals surface area contributed by atoms with Crippen LogP contribution in [0.25, 0.3) is 10.9 Å². The Hall–Kier alpha value is -2.92. The van der Waals surface area contributed by atoms with Crippen molar-refractivity contribution in [1.29, 1.82) is 0 Å². The van der Waals surface area contributed by atoms with E-state index in [4.69, 9.17) is 11.6 Å². The number of fused-ring (bicyclic) bond motifs is 2. The van der Waals surface area contributed by atoms with E-state index < -0.39 is 11.6 Å². The van der Waals surface area contributed by atoms with Crippen molar-refractivity contribution < 1.29 is 9.59 Å². The van der Waals surface area contributed by atoms with Crippen LogP contribution in [-0.4, -0.2) is 21.8 Å². The number of hydrogen-bond donors (Lipinski definition) is 1. The maximum atomic E-state index is 13.4. The molecule has 3 aromatic rings. The number of aryl methyl sites for hydroxylation is 2. The van der Waals surface area contributed by atoms with Crippen molar-refractivity contribution in [3.8, 4) is 0 Å². The summed E-state index contributed by atoms with van der Waals surface area (Å²) in [5.74, 6) is -0.274. The van der Waals surface area contributed by atoms with E-state index in [1.165, 1.54) is 16.0 Å². The molecule has 6 heteroatoms. The van der Waals surface area contributed by atoms with Crippen molar-refractivity contribution in [1.82, 2.24) is 15.2 Å². The molecule has 0 spiro atoms. The Morgan fingerprint density at radius 2 is 1.97 bits per heavy atom.